The highest BCUT2D eigenvalue weighted by Crippen LogP contribution is 2.20. The smallest absolute Gasteiger partial charge is 0.222 e. The second-order valence-electron chi connectivity index (χ2n) is 4.23. The van der Waals surface area contributed by atoms with Crippen LogP contribution in [0.5, 0.6) is 0 Å². The summed E-state index contributed by atoms with van der Waals surface area (Å²) in [5.74, 6) is 0.533. The van der Waals surface area contributed by atoms with Crippen molar-refractivity contribution in [3.63, 3.8) is 0 Å². The summed E-state index contributed by atoms with van der Waals surface area (Å²) in [6.07, 6.45) is 1.69. The van der Waals surface area contributed by atoms with Crippen LogP contribution in [-0.2, 0) is 16.1 Å². The van der Waals surface area contributed by atoms with E-state index in [0.717, 1.165) is 42.9 Å². The molecule has 0 unspecified atom stereocenters. The molecule has 1 saturated heterocycles. The van der Waals surface area contributed by atoms with Crippen molar-refractivity contribution in [2.45, 2.75) is 13.5 Å². The van der Waals surface area contributed by atoms with Crippen LogP contribution in [0.25, 0.3) is 0 Å². The van der Waals surface area contributed by atoms with E-state index in [1.165, 1.54) is 6.92 Å². The topological polar surface area (TPSA) is 54.5 Å². The van der Waals surface area contributed by atoms with Gasteiger partial charge in [-0.05, 0) is 22.0 Å². The molecule has 1 aliphatic rings. The molecule has 1 aromatic heterocycles. The van der Waals surface area contributed by atoms with Crippen LogP contribution in [0.3, 0.4) is 0 Å². The third-order valence-electron chi connectivity index (χ3n) is 2.73. The van der Waals surface area contributed by atoms with Gasteiger partial charge in [-0.1, -0.05) is 0 Å². The fraction of sp³-hybridized carbons (Fsp3) is 0.500. The van der Waals surface area contributed by atoms with Crippen LogP contribution in [0.2, 0.25) is 0 Å². The summed E-state index contributed by atoms with van der Waals surface area (Å²) < 4.78 is 6.24. The summed E-state index contributed by atoms with van der Waals surface area (Å²) in [7, 11) is 0. The Hall–Kier alpha value is -0.980. The van der Waals surface area contributed by atoms with Crippen LogP contribution in [0.15, 0.2) is 16.7 Å². The Morgan fingerprint density at radius 2 is 2.28 bits per heavy atom. The molecule has 0 aromatic carbocycles. The lowest BCUT2D eigenvalue weighted by Gasteiger charge is -2.27. The molecule has 1 fully saturated rings. The second-order valence-corrected chi connectivity index (χ2v) is 5.15. The summed E-state index contributed by atoms with van der Waals surface area (Å²) in [5.41, 5.74) is 1.02. The monoisotopic (exact) mass is 313 g/mol. The Bertz CT molecular complexity index is 433. The molecule has 1 aliphatic heterocycles. The number of nitrogens with one attached hydrogen (secondary N) is 1. The minimum atomic E-state index is -0.104. The Morgan fingerprint density at radius 1 is 1.56 bits per heavy atom. The fourth-order valence-electron chi connectivity index (χ4n) is 1.88. The average Bonchev–Trinajstić information content (AvgIpc) is 2.33. The Morgan fingerprint density at radius 3 is 2.94 bits per heavy atom. The molecule has 98 valence electrons. The lowest BCUT2D eigenvalue weighted by Crippen LogP contribution is -2.36. The van der Waals surface area contributed by atoms with Gasteiger partial charge in [0, 0.05) is 42.8 Å². The highest BCUT2D eigenvalue weighted by atomic mass is 79.9. The van der Waals surface area contributed by atoms with Crippen molar-refractivity contribution in [2.75, 3.05) is 31.6 Å². The summed E-state index contributed by atoms with van der Waals surface area (Å²) in [6, 6.07) is 1.99. The van der Waals surface area contributed by atoms with Crippen molar-refractivity contribution < 1.29 is 9.53 Å². The van der Waals surface area contributed by atoms with Crippen LogP contribution in [-0.4, -0.2) is 42.1 Å². The van der Waals surface area contributed by atoms with E-state index in [1.807, 2.05) is 6.07 Å². The lowest BCUT2D eigenvalue weighted by molar-refractivity contribution is -0.114. The first-order valence-corrected chi connectivity index (χ1v) is 6.66. The van der Waals surface area contributed by atoms with Crippen molar-refractivity contribution >= 4 is 27.7 Å². The first-order valence-electron chi connectivity index (χ1n) is 5.87. The fourth-order valence-corrected chi connectivity index (χ4v) is 2.26. The minimum absolute atomic E-state index is 0.104. The normalized spacial score (nSPS) is 16.6. The quantitative estimate of drug-likeness (QED) is 0.921. The van der Waals surface area contributed by atoms with E-state index < -0.39 is 0 Å². The number of anilines is 1. The van der Waals surface area contributed by atoms with Crippen molar-refractivity contribution in [1.29, 1.82) is 0 Å². The van der Waals surface area contributed by atoms with Crippen molar-refractivity contribution in [3.05, 3.63) is 22.3 Å². The van der Waals surface area contributed by atoms with Crippen LogP contribution < -0.4 is 5.32 Å². The molecule has 18 heavy (non-hydrogen) atoms. The van der Waals surface area contributed by atoms with Gasteiger partial charge in [-0.2, -0.15) is 0 Å². The zero-order valence-electron chi connectivity index (χ0n) is 10.3. The Balaban J connectivity index is 2.13. The first-order chi connectivity index (χ1) is 8.65. The highest BCUT2D eigenvalue weighted by molar-refractivity contribution is 9.10. The summed E-state index contributed by atoms with van der Waals surface area (Å²) >= 11 is 3.41. The van der Waals surface area contributed by atoms with Gasteiger partial charge in [0.2, 0.25) is 5.91 Å². The molecule has 0 bridgehead atoms. The maximum Gasteiger partial charge on any atom is 0.222 e. The van der Waals surface area contributed by atoms with Gasteiger partial charge in [-0.25, -0.2) is 4.98 Å². The molecule has 2 rings (SSSR count). The number of nitrogens with zero attached hydrogens (tertiary/aromatic N) is 2. The summed E-state index contributed by atoms with van der Waals surface area (Å²) in [4.78, 5) is 17.7. The SMILES string of the molecule is CC(=O)Nc1ncc(Br)cc1CN1CCOCC1. The number of amides is 1. The number of ether oxygens (including phenoxy) is 1. The van der Waals surface area contributed by atoms with Gasteiger partial charge in [0.25, 0.3) is 0 Å². The van der Waals surface area contributed by atoms with Gasteiger partial charge in [0.05, 0.1) is 13.2 Å². The minimum Gasteiger partial charge on any atom is -0.379 e. The number of carbonyl (C=O) groups is 1. The number of rotatable bonds is 3. The van der Waals surface area contributed by atoms with Crippen molar-refractivity contribution in [2.24, 2.45) is 0 Å². The molecule has 2 heterocycles. The molecule has 0 spiro atoms. The third-order valence-corrected chi connectivity index (χ3v) is 3.16. The molecule has 5 nitrogen and oxygen atoms in total. The molecule has 6 heteroatoms. The van der Waals surface area contributed by atoms with Gasteiger partial charge in [-0.3, -0.25) is 9.69 Å². The predicted octanol–water partition coefficient (Wildman–Crippen LogP) is 1.63. The molecular formula is C12H16BrN3O2. The van der Waals surface area contributed by atoms with Gasteiger partial charge >= 0.3 is 0 Å². The molecule has 1 N–H and O–H groups in total. The van der Waals surface area contributed by atoms with Crippen LogP contribution in [0.1, 0.15) is 12.5 Å². The largest absolute Gasteiger partial charge is 0.379 e. The molecular weight excluding hydrogens is 298 g/mol. The van der Waals surface area contributed by atoms with Crippen molar-refractivity contribution in [3.8, 4) is 0 Å². The molecule has 0 radical (unpaired) electrons. The Kier molecular flexibility index (Phi) is 4.68. The first kappa shape index (κ1) is 13.5. The number of halogens is 1. The number of aromatic nitrogens is 1. The van der Waals surface area contributed by atoms with Gasteiger partial charge in [0.15, 0.2) is 0 Å². The zero-order valence-corrected chi connectivity index (χ0v) is 11.9. The number of morpholine rings is 1. The molecule has 0 atom stereocenters. The van der Waals surface area contributed by atoms with E-state index in [9.17, 15) is 4.79 Å². The van der Waals surface area contributed by atoms with E-state index in [1.54, 1.807) is 6.20 Å². The predicted molar refractivity (Wildman–Crippen MR) is 72.3 cm³/mol. The maximum atomic E-state index is 11.1. The molecule has 1 amide bonds. The third kappa shape index (κ3) is 3.76. The summed E-state index contributed by atoms with van der Waals surface area (Å²) in [6.45, 7) is 5.60. The molecule has 0 saturated carbocycles. The maximum absolute atomic E-state index is 11.1. The number of carbonyl (C=O) groups excluding carboxylic acids is 1. The van der Waals surface area contributed by atoms with Gasteiger partial charge in [-0.15, -0.1) is 0 Å². The van der Waals surface area contributed by atoms with E-state index in [0.29, 0.717) is 5.82 Å². The zero-order chi connectivity index (χ0) is 13.0. The molecule has 1 aromatic rings. The van der Waals surface area contributed by atoms with Crippen LogP contribution in [0, 0.1) is 0 Å². The number of hydrogen-bond acceptors (Lipinski definition) is 4. The van der Waals surface area contributed by atoms with Gasteiger partial charge < -0.3 is 10.1 Å². The molecule has 0 aliphatic carbocycles. The van der Waals surface area contributed by atoms with Crippen molar-refractivity contribution in [1.82, 2.24) is 9.88 Å². The highest BCUT2D eigenvalue weighted by Gasteiger charge is 2.14. The number of hydrogen-bond donors (Lipinski definition) is 1. The van der Waals surface area contributed by atoms with Crippen LogP contribution in [0.4, 0.5) is 5.82 Å². The van der Waals surface area contributed by atoms with E-state index >= 15 is 0 Å². The van der Waals surface area contributed by atoms with E-state index in [4.69, 9.17) is 4.74 Å². The average molecular weight is 314 g/mol. The summed E-state index contributed by atoms with van der Waals surface area (Å²) in [5, 5.41) is 2.76. The Labute approximate surface area is 115 Å². The van der Waals surface area contributed by atoms with Crippen LogP contribution >= 0.6 is 15.9 Å². The van der Waals surface area contributed by atoms with E-state index in [-0.39, 0.29) is 5.91 Å². The second kappa shape index (κ2) is 6.26. The van der Waals surface area contributed by atoms with Gasteiger partial charge in [0.1, 0.15) is 5.82 Å². The van der Waals surface area contributed by atoms with E-state index in [2.05, 4.69) is 31.1 Å². The number of pyridine rings is 1. The lowest BCUT2D eigenvalue weighted by atomic mass is 10.2. The standard InChI is InChI=1S/C12H16BrN3O2/c1-9(17)15-12-10(6-11(13)7-14-12)8-16-2-4-18-5-3-16/h6-7H,2-5,8H2,1H3,(H,14,15,17).